The minimum atomic E-state index is -4.60. The summed E-state index contributed by atoms with van der Waals surface area (Å²) in [6.45, 7) is 3.45. The van der Waals surface area contributed by atoms with Crippen molar-refractivity contribution >= 4 is 23.0 Å². The average Bonchev–Trinajstić information content (AvgIpc) is 2.75. The summed E-state index contributed by atoms with van der Waals surface area (Å²) in [7, 11) is 1.46. The van der Waals surface area contributed by atoms with Gasteiger partial charge < -0.3 is 15.4 Å². The summed E-state index contributed by atoms with van der Waals surface area (Å²) >= 11 is 0. The normalized spacial score (nSPS) is 11.2. The number of amides is 1. The number of carbonyl (C=O) groups excluding carboxylic acids is 1. The minimum Gasteiger partial charge on any atom is -0.481 e. The molecule has 2 N–H and O–H groups in total. The van der Waals surface area contributed by atoms with E-state index in [1.807, 2.05) is 0 Å². The van der Waals surface area contributed by atoms with Crippen molar-refractivity contribution in [1.82, 2.24) is 4.98 Å². The number of halogens is 4. The molecule has 9 heteroatoms. The Hall–Kier alpha value is -3.62. The number of benzene rings is 2. The number of aromatic nitrogens is 1. The van der Waals surface area contributed by atoms with Crippen LogP contribution in [0.5, 0.6) is 5.88 Å². The maximum absolute atomic E-state index is 13.6. The fraction of sp³-hybridized carbons (Fsp3) is 0.217. The predicted octanol–water partition coefficient (Wildman–Crippen LogP) is 6.11. The van der Waals surface area contributed by atoms with Gasteiger partial charge in [0, 0.05) is 11.8 Å². The molecular formula is C23H21F4N3O2. The Bertz CT molecular complexity index is 1150. The lowest BCUT2D eigenvalue weighted by molar-refractivity contribution is -0.137. The van der Waals surface area contributed by atoms with Crippen LogP contribution in [0, 0.1) is 12.7 Å². The van der Waals surface area contributed by atoms with Crippen LogP contribution in [-0.2, 0) is 12.6 Å². The molecule has 0 aliphatic rings. The molecule has 0 fully saturated rings. The van der Waals surface area contributed by atoms with E-state index >= 15 is 0 Å². The molecule has 0 saturated carbocycles. The number of aryl methyl sites for hydroxylation is 2. The van der Waals surface area contributed by atoms with Crippen molar-refractivity contribution in [3.05, 3.63) is 76.7 Å². The van der Waals surface area contributed by atoms with Crippen molar-refractivity contribution in [2.45, 2.75) is 26.4 Å². The molecule has 1 amide bonds. The average molecular weight is 447 g/mol. The molecule has 0 unspecified atom stereocenters. The number of ether oxygens (including phenoxy) is 1. The first-order chi connectivity index (χ1) is 15.1. The number of pyridine rings is 1. The van der Waals surface area contributed by atoms with E-state index in [1.165, 1.54) is 25.3 Å². The number of nitrogens with zero attached hydrogens (tertiary/aromatic N) is 1. The quantitative estimate of drug-likeness (QED) is 0.447. The molecule has 0 atom stereocenters. The van der Waals surface area contributed by atoms with Gasteiger partial charge in [0.25, 0.3) is 5.91 Å². The highest BCUT2D eigenvalue weighted by Crippen LogP contribution is 2.34. The van der Waals surface area contributed by atoms with Gasteiger partial charge in [0.05, 0.1) is 35.3 Å². The summed E-state index contributed by atoms with van der Waals surface area (Å²) in [4.78, 5) is 17.1. The van der Waals surface area contributed by atoms with Crippen molar-refractivity contribution in [1.29, 1.82) is 0 Å². The van der Waals surface area contributed by atoms with E-state index in [9.17, 15) is 22.4 Å². The first-order valence-electron chi connectivity index (χ1n) is 9.72. The lowest BCUT2D eigenvalue weighted by atomic mass is 10.1. The van der Waals surface area contributed by atoms with E-state index in [-0.39, 0.29) is 11.3 Å². The lowest BCUT2D eigenvalue weighted by Gasteiger charge is -2.17. The molecule has 0 aliphatic carbocycles. The molecule has 0 spiro atoms. The topological polar surface area (TPSA) is 63.2 Å². The van der Waals surface area contributed by atoms with Gasteiger partial charge in [-0.05, 0) is 61.4 Å². The van der Waals surface area contributed by atoms with Crippen LogP contribution in [0.15, 0.2) is 48.5 Å². The molecule has 3 rings (SSSR count). The van der Waals surface area contributed by atoms with Crippen LogP contribution in [0.25, 0.3) is 0 Å². The zero-order valence-electron chi connectivity index (χ0n) is 17.6. The summed E-state index contributed by atoms with van der Waals surface area (Å²) in [5.74, 6) is -0.728. The van der Waals surface area contributed by atoms with Gasteiger partial charge in [-0.3, -0.25) is 4.79 Å². The summed E-state index contributed by atoms with van der Waals surface area (Å²) < 4.78 is 58.5. The molecule has 32 heavy (non-hydrogen) atoms. The third-order valence-electron chi connectivity index (χ3n) is 4.83. The number of rotatable bonds is 6. The number of hydrogen-bond acceptors (Lipinski definition) is 4. The number of methoxy groups -OCH3 is 1. The predicted molar refractivity (Wildman–Crippen MR) is 114 cm³/mol. The molecule has 0 saturated heterocycles. The van der Waals surface area contributed by atoms with Gasteiger partial charge in [-0.25, -0.2) is 9.37 Å². The van der Waals surface area contributed by atoms with Gasteiger partial charge in [0.1, 0.15) is 5.82 Å². The minimum absolute atomic E-state index is 0.0143. The number of alkyl halides is 3. The third kappa shape index (κ3) is 5.16. The Morgan fingerprint density at radius 1 is 1.03 bits per heavy atom. The molecule has 3 aromatic rings. The Labute approximate surface area is 182 Å². The van der Waals surface area contributed by atoms with Gasteiger partial charge in [-0.1, -0.05) is 6.92 Å². The Kier molecular flexibility index (Phi) is 6.67. The van der Waals surface area contributed by atoms with Crippen molar-refractivity contribution in [3.8, 4) is 5.88 Å². The van der Waals surface area contributed by atoms with E-state index in [1.54, 1.807) is 26.0 Å². The molecule has 1 heterocycles. The van der Waals surface area contributed by atoms with E-state index in [4.69, 9.17) is 4.74 Å². The largest absolute Gasteiger partial charge is 0.481 e. The van der Waals surface area contributed by atoms with Crippen molar-refractivity contribution < 1.29 is 27.1 Å². The SMILES string of the molecule is CCc1cc(F)ccc1Nc1cc(C(F)(F)F)ccc1C(=O)Nc1ccc(OC)nc1C. The zero-order valence-corrected chi connectivity index (χ0v) is 17.6. The van der Waals surface area contributed by atoms with Gasteiger partial charge in [0.15, 0.2) is 0 Å². The van der Waals surface area contributed by atoms with Gasteiger partial charge in [0.2, 0.25) is 5.88 Å². The summed E-state index contributed by atoms with van der Waals surface area (Å²) in [6.07, 6.45) is -4.16. The standard InChI is InChI=1S/C23H21F4N3O2/c1-4-14-11-16(24)6-8-19(14)29-20-12-15(23(25,26)27)5-7-17(20)22(31)30-18-9-10-21(32-3)28-13(18)2/h5-12,29H,4H2,1-3H3,(H,30,31). The van der Waals surface area contributed by atoms with Crippen LogP contribution >= 0.6 is 0 Å². The maximum atomic E-state index is 13.6. The monoisotopic (exact) mass is 447 g/mol. The molecule has 0 aliphatic heterocycles. The van der Waals surface area contributed by atoms with Gasteiger partial charge in [-0.2, -0.15) is 13.2 Å². The highest BCUT2D eigenvalue weighted by molar-refractivity contribution is 6.08. The number of hydrogen-bond donors (Lipinski definition) is 2. The smallest absolute Gasteiger partial charge is 0.416 e. The Morgan fingerprint density at radius 2 is 1.75 bits per heavy atom. The summed E-state index contributed by atoms with van der Waals surface area (Å²) in [5, 5.41) is 5.53. The second-order valence-corrected chi connectivity index (χ2v) is 6.98. The van der Waals surface area contributed by atoms with E-state index in [0.717, 1.165) is 18.2 Å². The number of carbonyl (C=O) groups is 1. The van der Waals surface area contributed by atoms with Gasteiger partial charge in [-0.15, -0.1) is 0 Å². The zero-order chi connectivity index (χ0) is 23.5. The molecule has 0 bridgehead atoms. The van der Waals surface area contributed by atoms with Crippen LogP contribution in [0.2, 0.25) is 0 Å². The number of anilines is 3. The van der Waals surface area contributed by atoms with Crippen molar-refractivity contribution in [3.63, 3.8) is 0 Å². The first kappa shape index (κ1) is 23.1. The second-order valence-electron chi connectivity index (χ2n) is 6.98. The van der Waals surface area contributed by atoms with Crippen LogP contribution in [0.4, 0.5) is 34.6 Å². The third-order valence-corrected chi connectivity index (χ3v) is 4.83. The molecule has 1 aromatic heterocycles. The van der Waals surface area contributed by atoms with E-state index in [2.05, 4.69) is 15.6 Å². The Balaban J connectivity index is 2.01. The van der Waals surface area contributed by atoms with Crippen LogP contribution in [-0.4, -0.2) is 18.0 Å². The van der Waals surface area contributed by atoms with Crippen LogP contribution in [0.1, 0.15) is 34.1 Å². The van der Waals surface area contributed by atoms with Crippen molar-refractivity contribution in [2.24, 2.45) is 0 Å². The summed E-state index contributed by atoms with van der Waals surface area (Å²) in [5.41, 5.74) is 0.841. The fourth-order valence-electron chi connectivity index (χ4n) is 3.12. The Morgan fingerprint density at radius 3 is 2.38 bits per heavy atom. The molecule has 0 radical (unpaired) electrons. The highest BCUT2D eigenvalue weighted by Gasteiger charge is 2.31. The highest BCUT2D eigenvalue weighted by atomic mass is 19.4. The van der Waals surface area contributed by atoms with E-state index < -0.39 is 23.5 Å². The molecular weight excluding hydrogens is 426 g/mol. The molecule has 5 nitrogen and oxygen atoms in total. The van der Waals surface area contributed by atoms with Crippen LogP contribution < -0.4 is 15.4 Å². The number of nitrogens with one attached hydrogen (secondary N) is 2. The maximum Gasteiger partial charge on any atom is 0.416 e. The molecule has 168 valence electrons. The second kappa shape index (κ2) is 9.25. The summed E-state index contributed by atoms with van der Waals surface area (Å²) in [6, 6.07) is 9.85. The first-order valence-corrected chi connectivity index (χ1v) is 9.72. The van der Waals surface area contributed by atoms with Crippen molar-refractivity contribution in [2.75, 3.05) is 17.7 Å². The van der Waals surface area contributed by atoms with Gasteiger partial charge >= 0.3 is 6.18 Å². The fourth-order valence-corrected chi connectivity index (χ4v) is 3.12. The molecule has 2 aromatic carbocycles. The van der Waals surface area contributed by atoms with Crippen LogP contribution in [0.3, 0.4) is 0 Å². The van der Waals surface area contributed by atoms with E-state index in [0.29, 0.717) is 34.9 Å². The lowest BCUT2D eigenvalue weighted by Crippen LogP contribution is -2.16.